The van der Waals surface area contributed by atoms with Crippen molar-refractivity contribution in [1.29, 1.82) is 0 Å². The predicted octanol–water partition coefficient (Wildman–Crippen LogP) is 1.39. The zero-order chi connectivity index (χ0) is 13.9. The molecule has 0 aliphatic carbocycles. The van der Waals surface area contributed by atoms with Gasteiger partial charge in [-0.3, -0.25) is 0 Å². The lowest BCUT2D eigenvalue weighted by Crippen LogP contribution is -2.42. The quantitative estimate of drug-likeness (QED) is 0.834. The Morgan fingerprint density at radius 1 is 1.37 bits per heavy atom. The first-order valence-corrected chi connectivity index (χ1v) is 10.3. The van der Waals surface area contributed by atoms with E-state index in [1.54, 1.807) is 4.31 Å². The van der Waals surface area contributed by atoms with Crippen molar-refractivity contribution in [2.45, 2.75) is 32.2 Å². The second-order valence-electron chi connectivity index (χ2n) is 5.83. The van der Waals surface area contributed by atoms with Crippen LogP contribution in [-0.4, -0.2) is 56.2 Å². The highest BCUT2D eigenvalue weighted by molar-refractivity contribution is 7.99. The summed E-state index contributed by atoms with van der Waals surface area (Å²) in [4.78, 5) is 0. The second-order valence-corrected chi connectivity index (χ2v) is 8.88. The van der Waals surface area contributed by atoms with E-state index in [2.05, 4.69) is 12.2 Å². The van der Waals surface area contributed by atoms with Crippen LogP contribution in [0.5, 0.6) is 0 Å². The molecular weight excluding hydrogens is 280 g/mol. The maximum atomic E-state index is 11.6. The van der Waals surface area contributed by atoms with Crippen molar-refractivity contribution in [2.24, 2.45) is 11.8 Å². The fourth-order valence-electron chi connectivity index (χ4n) is 3.27. The van der Waals surface area contributed by atoms with Gasteiger partial charge in [-0.05, 0) is 43.4 Å². The summed E-state index contributed by atoms with van der Waals surface area (Å²) < 4.78 is 25.0. The smallest absolute Gasteiger partial charge is 0.211 e. The molecule has 2 aliphatic heterocycles. The highest BCUT2D eigenvalue weighted by atomic mass is 32.2. The summed E-state index contributed by atoms with van der Waals surface area (Å²) in [7, 11) is -3.00. The predicted molar refractivity (Wildman–Crippen MR) is 82.0 cm³/mol. The fourth-order valence-corrected chi connectivity index (χ4v) is 5.66. The van der Waals surface area contributed by atoms with Crippen molar-refractivity contribution in [3.63, 3.8) is 0 Å². The SMILES string of the molecule is CCNC1CSCC1CC1CCCN(S(C)(=O)=O)C1. The van der Waals surface area contributed by atoms with Gasteiger partial charge in [0.1, 0.15) is 0 Å². The first-order valence-electron chi connectivity index (χ1n) is 7.27. The van der Waals surface area contributed by atoms with Crippen LogP contribution in [0, 0.1) is 11.8 Å². The first kappa shape index (κ1) is 15.6. The topological polar surface area (TPSA) is 49.4 Å². The van der Waals surface area contributed by atoms with Gasteiger partial charge >= 0.3 is 0 Å². The number of rotatable bonds is 5. The van der Waals surface area contributed by atoms with E-state index in [0.717, 1.165) is 25.4 Å². The summed E-state index contributed by atoms with van der Waals surface area (Å²) in [5.74, 6) is 3.71. The van der Waals surface area contributed by atoms with Crippen LogP contribution in [-0.2, 0) is 10.0 Å². The summed E-state index contributed by atoms with van der Waals surface area (Å²) in [6.45, 7) is 4.64. The van der Waals surface area contributed by atoms with Gasteiger partial charge < -0.3 is 5.32 Å². The Morgan fingerprint density at radius 3 is 2.84 bits per heavy atom. The third kappa shape index (κ3) is 4.34. The Balaban J connectivity index is 1.88. The van der Waals surface area contributed by atoms with Crippen LogP contribution in [0.2, 0.25) is 0 Å². The maximum absolute atomic E-state index is 11.6. The van der Waals surface area contributed by atoms with Crippen molar-refractivity contribution in [2.75, 3.05) is 37.4 Å². The molecule has 0 saturated carbocycles. The van der Waals surface area contributed by atoms with Crippen molar-refractivity contribution in [3.05, 3.63) is 0 Å². The number of hydrogen-bond donors (Lipinski definition) is 1. The van der Waals surface area contributed by atoms with Gasteiger partial charge in [0.2, 0.25) is 10.0 Å². The largest absolute Gasteiger partial charge is 0.313 e. The number of nitrogens with zero attached hydrogens (tertiary/aromatic N) is 1. The molecule has 3 unspecified atom stereocenters. The summed E-state index contributed by atoms with van der Waals surface area (Å²) in [6.07, 6.45) is 4.72. The first-order chi connectivity index (χ1) is 9.00. The minimum absolute atomic E-state index is 0.549. The van der Waals surface area contributed by atoms with E-state index in [4.69, 9.17) is 0 Å². The van der Waals surface area contributed by atoms with Gasteiger partial charge in [-0.15, -0.1) is 0 Å². The molecule has 0 radical (unpaired) electrons. The standard InChI is InChI=1S/C13H26N2O2S2/c1-3-14-13-10-18-9-12(13)7-11-5-4-6-15(8-11)19(2,16)17/h11-14H,3-10H2,1-2H3. The van der Waals surface area contributed by atoms with E-state index in [1.165, 1.54) is 30.6 Å². The minimum Gasteiger partial charge on any atom is -0.313 e. The van der Waals surface area contributed by atoms with Crippen molar-refractivity contribution in [1.82, 2.24) is 9.62 Å². The van der Waals surface area contributed by atoms with Gasteiger partial charge in [0.05, 0.1) is 6.26 Å². The molecule has 2 saturated heterocycles. The summed E-state index contributed by atoms with van der Waals surface area (Å²) in [6, 6.07) is 0.628. The molecule has 0 aromatic rings. The van der Waals surface area contributed by atoms with Gasteiger partial charge in [0, 0.05) is 24.9 Å². The van der Waals surface area contributed by atoms with E-state index in [1.807, 2.05) is 11.8 Å². The number of piperidine rings is 1. The number of hydrogen-bond acceptors (Lipinski definition) is 4. The van der Waals surface area contributed by atoms with Crippen molar-refractivity contribution in [3.8, 4) is 0 Å². The van der Waals surface area contributed by atoms with E-state index in [9.17, 15) is 8.42 Å². The van der Waals surface area contributed by atoms with Gasteiger partial charge in [-0.25, -0.2) is 12.7 Å². The molecule has 19 heavy (non-hydrogen) atoms. The Morgan fingerprint density at radius 2 is 2.16 bits per heavy atom. The van der Waals surface area contributed by atoms with Crippen LogP contribution in [0.4, 0.5) is 0 Å². The molecule has 112 valence electrons. The van der Waals surface area contributed by atoms with E-state index >= 15 is 0 Å². The minimum atomic E-state index is -3.00. The number of nitrogens with one attached hydrogen (secondary N) is 1. The normalized spacial score (nSPS) is 33.7. The molecule has 0 spiro atoms. The molecule has 6 heteroatoms. The summed E-state index contributed by atoms with van der Waals surface area (Å²) >= 11 is 2.03. The Kier molecular flexibility index (Phi) is 5.57. The van der Waals surface area contributed by atoms with Crippen LogP contribution in [0.15, 0.2) is 0 Å². The molecule has 2 rings (SSSR count). The lowest BCUT2D eigenvalue weighted by Gasteiger charge is -2.33. The zero-order valence-electron chi connectivity index (χ0n) is 12.0. The monoisotopic (exact) mass is 306 g/mol. The molecule has 2 heterocycles. The van der Waals surface area contributed by atoms with Gasteiger partial charge in [0.15, 0.2) is 0 Å². The maximum Gasteiger partial charge on any atom is 0.211 e. The van der Waals surface area contributed by atoms with Crippen molar-refractivity contribution < 1.29 is 8.42 Å². The lowest BCUT2D eigenvalue weighted by molar-refractivity contribution is 0.225. The molecule has 0 amide bonds. The molecule has 2 aliphatic rings. The third-order valence-electron chi connectivity index (χ3n) is 4.25. The molecule has 0 bridgehead atoms. The summed E-state index contributed by atoms with van der Waals surface area (Å²) in [5, 5.41) is 3.57. The van der Waals surface area contributed by atoms with Crippen molar-refractivity contribution >= 4 is 21.8 Å². The van der Waals surface area contributed by atoms with E-state index in [0.29, 0.717) is 18.5 Å². The highest BCUT2D eigenvalue weighted by Gasteiger charge is 2.32. The Labute approximate surface area is 121 Å². The number of thioether (sulfide) groups is 1. The lowest BCUT2D eigenvalue weighted by atomic mass is 9.86. The molecule has 2 fully saturated rings. The Bertz CT molecular complexity index is 386. The van der Waals surface area contributed by atoms with E-state index in [-0.39, 0.29) is 0 Å². The molecule has 1 N–H and O–H groups in total. The highest BCUT2D eigenvalue weighted by Crippen LogP contribution is 2.32. The molecule has 0 aromatic carbocycles. The molecular formula is C13H26N2O2S2. The third-order valence-corrected chi connectivity index (χ3v) is 6.78. The van der Waals surface area contributed by atoms with Crippen LogP contribution in [0.25, 0.3) is 0 Å². The van der Waals surface area contributed by atoms with E-state index < -0.39 is 10.0 Å². The van der Waals surface area contributed by atoms with Gasteiger partial charge in [0.25, 0.3) is 0 Å². The molecule has 4 nitrogen and oxygen atoms in total. The summed E-state index contributed by atoms with van der Waals surface area (Å²) in [5.41, 5.74) is 0. The molecule has 0 aromatic heterocycles. The molecule has 3 atom stereocenters. The van der Waals surface area contributed by atoms with Crippen LogP contribution >= 0.6 is 11.8 Å². The average Bonchev–Trinajstić information content (AvgIpc) is 2.77. The zero-order valence-corrected chi connectivity index (χ0v) is 13.6. The average molecular weight is 306 g/mol. The van der Waals surface area contributed by atoms with Crippen LogP contribution < -0.4 is 5.32 Å². The fraction of sp³-hybridized carbons (Fsp3) is 1.00. The Hall–Kier alpha value is 0.220. The second kappa shape index (κ2) is 6.78. The van der Waals surface area contributed by atoms with Crippen LogP contribution in [0.3, 0.4) is 0 Å². The number of sulfonamides is 1. The van der Waals surface area contributed by atoms with Gasteiger partial charge in [-0.2, -0.15) is 11.8 Å². The van der Waals surface area contributed by atoms with Gasteiger partial charge in [-0.1, -0.05) is 6.92 Å². The van der Waals surface area contributed by atoms with Crippen LogP contribution in [0.1, 0.15) is 26.2 Å².